The highest BCUT2D eigenvalue weighted by Crippen LogP contribution is 2.18. The molecule has 0 radical (unpaired) electrons. The molecule has 0 atom stereocenters. The van der Waals surface area contributed by atoms with Crippen LogP contribution in [-0.2, 0) is 4.79 Å². The molecule has 0 aromatic heterocycles. The number of rotatable bonds is 5. The number of nitrogens with one attached hydrogen (secondary N) is 1. The van der Waals surface area contributed by atoms with Crippen molar-refractivity contribution in [2.24, 2.45) is 0 Å². The number of likely N-dealkylation sites (N-methyl/N-ethyl adjacent to an activating group) is 1. The van der Waals surface area contributed by atoms with E-state index in [1.807, 2.05) is 30.1 Å². The fourth-order valence-electron chi connectivity index (χ4n) is 2.81. The van der Waals surface area contributed by atoms with Crippen LogP contribution < -0.4 is 10.1 Å². The largest absolute Gasteiger partial charge is 0.484 e. The zero-order valence-corrected chi connectivity index (χ0v) is 14.9. The number of benzene rings is 2. The molecule has 2 amide bonds. The molecule has 1 fully saturated rings. The van der Waals surface area contributed by atoms with E-state index in [4.69, 9.17) is 4.74 Å². The second-order valence-electron chi connectivity index (χ2n) is 6.29. The molecule has 26 heavy (non-hydrogen) atoms. The van der Waals surface area contributed by atoms with E-state index in [1.165, 1.54) is 0 Å². The second-order valence-corrected chi connectivity index (χ2v) is 6.29. The lowest BCUT2D eigenvalue weighted by molar-refractivity contribution is -0.118. The van der Waals surface area contributed by atoms with E-state index in [1.54, 1.807) is 36.4 Å². The smallest absolute Gasteiger partial charge is 0.262 e. The molecule has 0 saturated carbocycles. The predicted octanol–water partition coefficient (Wildman–Crippen LogP) is 2.09. The van der Waals surface area contributed by atoms with Crippen molar-refractivity contribution in [3.63, 3.8) is 0 Å². The first-order valence-corrected chi connectivity index (χ1v) is 8.68. The number of anilines is 1. The van der Waals surface area contributed by atoms with Crippen molar-refractivity contribution >= 4 is 17.5 Å². The van der Waals surface area contributed by atoms with Crippen molar-refractivity contribution in [2.45, 2.75) is 0 Å². The number of hydrogen-bond acceptors (Lipinski definition) is 4. The molecule has 136 valence electrons. The van der Waals surface area contributed by atoms with Gasteiger partial charge in [-0.05, 0) is 31.3 Å². The maximum absolute atomic E-state index is 12.8. The number of nitrogens with zero attached hydrogens (tertiary/aromatic N) is 2. The molecule has 3 rings (SSSR count). The molecule has 0 aliphatic carbocycles. The lowest BCUT2D eigenvalue weighted by Crippen LogP contribution is -2.47. The van der Waals surface area contributed by atoms with Crippen LogP contribution in [0.15, 0.2) is 54.6 Å². The van der Waals surface area contributed by atoms with Crippen LogP contribution in [0.4, 0.5) is 5.69 Å². The number of carbonyl (C=O) groups excluding carboxylic acids is 2. The van der Waals surface area contributed by atoms with Gasteiger partial charge in [-0.3, -0.25) is 9.59 Å². The van der Waals surface area contributed by atoms with Gasteiger partial charge in [0, 0.05) is 26.2 Å². The van der Waals surface area contributed by atoms with Gasteiger partial charge in [0.25, 0.3) is 11.8 Å². The monoisotopic (exact) mass is 353 g/mol. The summed E-state index contributed by atoms with van der Waals surface area (Å²) in [6.45, 7) is 2.97. The Kier molecular flexibility index (Phi) is 5.86. The maximum atomic E-state index is 12.8. The average molecular weight is 353 g/mol. The maximum Gasteiger partial charge on any atom is 0.262 e. The van der Waals surface area contributed by atoms with Gasteiger partial charge in [-0.2, -0.15) is 0 Å². The lowest BCUT2D eigenvalue weighted by atomic mass is 10.1. The van der Waals surface area contributed by atoms with Crippen LogP contribution in [0.1, 0.15) is 10.4 Å². The molecule has 2 aromatic rings. The van der Waals surface area contributed by atoms with Crippen LogP contribution in [0.3, 0.4) is 0 Å². The highest BCUT2D eigenvalue weighted by molar-refractivity contribution is 6.04. The zero-order chi connectivity index (χ0) is 18.4. The molecule has 0 spiro atoms. The van der Waals surface area contributed by atoms with Gasteiger partial charge in [-0.25, -0.2) is 0 Å². The van der Waals surface area contributed by atoms with E-state index >= 15 is 0 Å². The van der Waals surface area contributed by atoms with Gasteiger partial charge >= 0.3 is 0 Å². The summed E-state index contributed by atoms with van der Waals surface area (Å²) in [6.07, 6.45) is 0. The van der Waals surface area contributed by atoms with Crippen molar-refractivity contribution < 1.29 is 14.3 Å². The van der Waals surface area contributed by atoms with Gasteiger partial charge in [0.2, 0.25) is 0 Å². The minimum atomic E-state index is -0.299. The fourth-order valence-corrected chi connectivity index (χ4v) is 2.81. The number of piperazine rings is 1. The first-order chi connectivity index (χ1) is 12.6. The second kappa shape index (κ2) is 8.49. The van der Waals surface area contributed by atoms with Crippen molar-refractivity contribution in [2.75, 3.05) is 45.2 Å². The number of para-hydroxylation sites is 2. The van der Waals surface area contributed by atoms with Crippen molar-refractivity contribution in [1.29, 1.82) is 0 Å². The topological polar surface area (TPSA) is 61.9 Å². The van der Waals surface area contributed by atoms with E-state index in [9.17, 15) is 9.59 Å². The summed E-state index contributed by atoms with van der Waals surface area (Å²) in [5.74, 6) is 0.273. The predicted molar refractivity (Wildman–Crippen MR) is 100 cm³/mol. The molecule has 6 nitrogen and oxygen atoms in total. The van der Waals surface area contributed by atoms with Crippen molar-refractivity contribution in [3.8, 4) is 5.75 Å². The standard InChI is InChI=1S/C20H23N3O3/c1-22-11-13-23(14-12-22)20(25)17-9-5-6-10-18(17)21-19(24)15-26-16-7-3-2-4-8-16/h2-10H,11-15H2,1H3,(H,21,24). The Labute approximate surface area is 153 Å². The third-order valence-electron chi connectivity index (χ3n) is 4.34. The highest BCUT2D eigenvalue weighted by atomic mass is 16.5. The van der Waals surface area contributed by atoms with E-state index in [0.717, 1.165) is 13.1 Å². The lowest BCUT2D eigenvalue weighted by Gasteiger charge is -2.32. The number of hydrogen-bond donors (Lipinski definition) is 1. The number of carbonyl (C=O) groups is 2. The molecule has 1 aliphatic heterocycles. The van der Waals surface area contributed by atoms with Crippen LogP contribution in [0, 0.1) is 0 Å². The van der Waals surface area contributed by atoms with Gasteiger partial charge in [0.1, 0.15) is 5.75 Å². The van der Waals surface area contributed by atoms with Gasteiger partial charge in [0.05, 0.1) is 11.3 Å². The van der Waals surface area contributed by atoms with Crippen LogP contribution in [0.5, 0.6) is 5.75 Å². The normalized spacial score (nSPS) is 14.7. The van der Waals surface area contributed by atoms with Gasteiger partial charge in [-0.1, -0.05) is 30.3 Å². The quantitative estimate of drug-likeness (QED) is 0.894. The fraction of sp³-hybridized carbons (Fsp3) is 0.300. The molecule has 1 N–H and O–H groups in total. The number of amides is 2. The van der Waals surface area contributed by atoms with Gasteiger partial charge < -0.3 is 19.9 Å². The molecule has 2 aromatic carbocycles. The van der Waals surface area contributed by atoms with Crippen molar-refractivity contribution in [1.82, 2.24) is 9.80 Å². The molecule has 0 unspecified atom stereocenters. The first kappa shape index (κ1) is 17.9. The zero-order valence-electron chi connectivity index (χ0n) is 14.9. The average Bonchev–Trinajstić information content (AvgIpc) is 2.68. The van der Waals surface area contributed by atoms with E-state index in [2.05, 4.69) is 10.2 Å². The van der Waals surface area contributed by atoms with E-state index in [-0.39, 0.29) is 18.4 Å². The Hall–Kier alpha value is -2.86. The van der Waals surface area contributed by atoms with Gasteiger partial charge in [0.15, 0.2) is 6.61 Å². The van der Waals surface area contributed by atoms with E-state index < -0.39 is 0 Å². The van der Waals surface area contributed by atoms with Crippen molar-refractivity contribution in [3.05, 3.63) is 60.2 Å². The highest BCUT2D eigenvalue weighted by Gasteiger charge is 2.22. The van der Waals surface area contributed by atoms with Crippen LogP contribution in [-0.4, -0.2) is 61.4 Å². The number of ether oxygens (including phenoxy) is 1. The van der Waals surface area contributed by atoms with Crippen LogP contribution in [0.2, 0.25) is 0 Å². The summed E-state index contributed by atoms with van der Waals surface area (Å²) < 4.78 is 5.46. The first-order valence-electron chi connectivity index (χ1n) is 8.68. The Morgan fingerprint density at radius 1 is 0.962 bits per heavy atom. The summed E-state index contributed by atoms with van der Waals surface area (Å²) in [7, 11) is 2.04. The summed E-state index contributed by atoms with van der Waals surface area (Å²) in [6, 6.07) is 16.2. The van der Waals surface area contributed by atoms with Crippen LogP contribution >= 0.6 is 0 Å². The Balaban J connectivity index is 1.63. The SMILES string of the molecule is CN1CCN(C(=O)c2ccccc2NC(=O)COc2ccccc2)CC1. The Morgan fingerprint density at radius 2 is 1.62 bits per heavy atom. The molecule has 0 bridgehead atoms. The van der Waals surface area contributed by atoms with Gasteiger partial charge in [-0.15, -0.1) is 0 Å². The van der Waals surface area contributed by atoms with Crippen LogP contribution in [0.25, 0.3) is 0 Å². The summed E-state index contributed by atoms with van der Waals surface area (Å²) in [5.41, 5.74) is 1.02. The molecule has 1 aliphatic rings. The minimum absolute atomic E-state index is 0.0574. The Morgan fingerprint density at radius 3 is 2.35 bits per heavy atom. The summed E-state index contributed by atoms with van der Waals surface area (Å²) in [5, 5.41) is 2.79. The summed E-state index contributed by atoms with van der Waals surface area (Å²) >= 11 is 0. The minimum Gasteiger partial charge on any atom is -0.484 e. The third kappa shape index (κ3) is 4.61. The molecule has 6 heteroatoms. The van der Waals surface area contributed by atoms with E-state index in [0.29, 0.717) is 30.1 Å². The molecule has 1 heterocycles. The molecular formula is C20H23N3O3. The third-order valence-corrected chi connectivity index (χ3v) is 4.34. The molecule has 1 saturated heterocycles. The Bertz CT molecular complexity index is 756. The summed E-state index contributed by atoms with van der Waals surface area (Å²) in [4.78, 5) is 29.0. The molecular weight excluding hydrogens is 330 g/mol.